The first-order chi connectivity index (χ1) is 11.9. The lowest BCUT2D eigenvalue weighted by Crippen LogP contribution is -2.51. The van der Waals surface area contributed by atoms with Gasteiger partial charge in [-0.1, -0.05) is 19.3 Å². The van der Waals surface area contributed by atoms with E-state index in [1.165, 1.54) is 15.6 Å². The van der Waals surface area contributed by atoms with Crippen LogP contribution in [-0.4, -0.2) is 74.7 Å². The van der Waals surface area contributed by atoms with Crippen molar-refractivity contribution in [3.05, 3.63) is 0 Å². The summed E-state index contributed by atoms with van der Waals surface area (Å²) in [6.45, 7) is 3.35. The maximum atomic E-state index is 12.4. The Morgan fingerprint density at radius 1 is 1.08 bits per heavy atom. The second kappa shape index (κ2) is 9.38. The van der Waals surface area contributed by atoms with E-state index < -0.39 is 16.1 Å². The first-order valence-electron chi connectivity index (χ1n) is 9.11. The topological polar surface area (TPSA) is 96.0 Å². The molecule has 0 aromatic heterocycles. The predicted molar refractivity (Wildman–Crippen MR) is 93.5 cm³/mol. The monoisotopic (exact) mass is 375 g/mol. The molecule has 1 saturated heterocycles. The van der Waals surface area contributed by atoms with E-state index >= 15 is 0 Å². The lowest BCUT2D eigenvalue weighted by molar-refractivity contribution is -0.125. The third-order valence-corrected chi connectivity index (χ3v) is 6.67. The van der Waals surface area contributed by atoms with Crippen molar-refractivity contribution >= 4 is 22.0 Å². The second-order valence-electron chi connectivity index (χ2n) is 6.53. The van der Waals surface area contributed by atoms with Crippen LogP contribution in [0.2, 0.25) is 0 Å². The Labute approximate surface area is 149 Å². The van der Waals surface area contributed by atoms with Gasteiger partial charge in [0.2, 0.25) is 15.9 Å². The minimum absolute atomic E-state index is 0.0259. The van der Waals surface area contributed by atoms with Crippen molar-refractivity contribution < 1.29 is 22.7 Å². The minimum Gasteiger partial charge on any atom is -0.450 e. The number of amides is 2. The molecule has 0 bridgehead atoms. The van der Waals surface area contributed by atoms with Crippen molar-refractivity contribution in [2.24, 2.45) is 5.92 Å². The second-order valence-corrected chi connectivity index (χ2v) is 8.62. The third-order valence-electron chi connectivity index (χ3n) is 4.79. The fraction of sp³-hybridized carbons (Fsp3) is 0.875. The highest BCUT2D eigenvalue weighted by Gasteiger charge is 2.29. The lowest BCUT2D eigenvalue weighted by Gasteiger charge is -2.33. The molecule has 1 N–H and O–H groups in total. The minimum atomic E-state index is -3.43. The summed E-state index contributed by atoms with van der Waals surface area (Å²) in [5.41, 5.74) is 0. The van der Waals surface area contributed by atoms with Crippen molar-refractivity contribution in [1.29, 1.82) is 0 Å². The van der Waals surface area contributed by atoms with Crippen LogP contribution in [0.1, 0.15) is 39.0 Å². The molecule has 144 valence electrons. The number of carbonyl (C=O) groups excluding carboxylic acids is 2. The van der Waals surface area contributed by atoms with Crippen LogP contribution in [0.25, 0.3) is 0 Å². The van der Waals surface area contributed by atoms with Gasteiger partial charge in [-0.05, 0) is 19.8 Å². The Hall–Kier alpha value is -1.35. The number of carbonyl (C=O) groups is 2. The summed E-state index contributed by atoms with van der Waals surface area (Å²) >= 11 is 0. The van der Waals surface area contributed by atoms with Gasteiger partial charge in [0, 0.05) is 38.6 Å². The lowest BCUT2D eigenvalue weighted by atomic mass is 9.89. The standard InChI is InChI=1S/C16H29N3O5S/c1-2-24-16(21)18-9-11-19(12-10-18)25(22,23)13-8-17-15(20)14-6-4-3-5-7-14/h14H,2-13H2,1H3,(H,17,20). The number of sulfonamides is 1. The number of hydrogen-bond donors (Lipinski definition) is 1. The van der Waals surface area contributed by atoms with Crippen molar-refractivity contribution in [2.75, 3.05) is 45.1 Å². The van der Waals surface area contributed by atoms with E-state index in [0.717, 1.165) is 25.7 Å². The van der Waals surface area contributed by atoms with Gasteiger partial charge in [0.25, 0.3) is 0 Å². The molecular weight excluding hydrogens is 346 g/mol. The molecule has 0 aromatic rings. The molecule has 25 heavy (non-hydrogen) atoms. The van der Waals surface area contributed by atoms with Crippen LogP contribution >= 0.6 is 0 Å². The van der Waals surface area contributed by atoms with Crippen molar-refractivity contribution in [1.82, 2.24) is 14.5 Å². The Morgan fingerprint density at radius 2 is 1.72 bits per heavy atom. The summed E-state index contributed by atoms with van der Waals surface area (Å²) < 4.78 is 31.1. The zero-order valence-electron chi connectivity index (χ0n) is 14.9. The fourth-order valence-electron chi connectivity index (χ4n) is 3.31. The molecular formula is C16H29N3O5S. The molecule has 1 saturated carbocycles. The summed E-state index contributed by atoms with van der Waals surface area (Å²) in [5, 5.41) is 2.76. The fourth-order valence-corrected chi connectivity index (χ4v) is 4.64. The van der Waals surface area contributed by atoms with Gasteiger partial charge in [0.05, 0.1) is 12.4 Å². The molecule has 2 rings (SSSR count). The van der Waals surface area contributed by atoms with Crippen molar-refractivity contribution in [2.45, 2.75) is 39.0 Å². The van der Waals surface area contributed by atoms with Gasteiger partial charge in [-0.15, -0.1) is 0 Å². The van der Waals surface area contributed by atoms with Crippen LogP contribution in [0.15, 0.2) is 0 Å². The molecule has 1 heterocycles. The molecule has 2 amide bonds. The van der Waals surface area contributed by atoms with E-state index in [0.29, 0.717) is 19.7 Å². The van der Waals surface area contributed by atoms with Crippen molar-refractivity contribution in [3.8, 4) is 0 Å². The van der Waals surface area contributed by atoms with Crippen LogP contribution in [0.3, 0.4) is 0 Å². The Morgan fingerprint density at radius 3 is 2.32 bits per heavy atom. The number of piperazine rings is 1. The number of nitrogens with one attached hydrogen (secondary N) is 1. The molecule has 0 aromatic carbocycles. The average Bonchev–Trinajstić information content (AvgIpc) is 2.62. The molecule has 8 nitrogen and oxygen atoms in total. The highest BCUT2D eigenvalue weighted by Crippen LogP contribution is 2.23. The van der Waals surface area contributed by atoms with Gasteiger partial charge in [-0.2, -0.15) is 4.31 Å². The number of hydrogen-bond acceptors (Lipinski definition) is 5. The molecule has 2 aliphatic rings. The number of nitrogens with zero attached hydrogens (tertiary/aromatic N) is 2. The van der Waals surface area contributed by atoms with E-state index in [1.54, 1.807) is 6.92 Å². The van der Waals surface area contributed by atoms with Crippen LogP contribution in [0, 0.1) is 5.92 Å². The quantitative estimate of drug-likeness (QED) is 0.740. The Kier molecular flexibility index (Phi) is 7.49. The van der Waals surface area contributed by atoms with Crippen LogP contribution in [0.4, 0.5) is 4.79 Å². The number of ether oxygens (including phenoxy) is 1. The highest BCUT2D eigenvalue weighted by molar-refractivity contribution is 7.89. The molecule has 0 unspecified atom stereocenters. The van der Waals surface area contributed by atoms with E-state index in [2.05, 4.69) is 5.32 Å². The Bertz CT molecular complexity index is 552. The van der Waals surface area contributed by atoms with Gasteiger partial charge in [-0.25, -0.2) is 13.2 Å². The smallest absolute Gasteiger partial charge is 0.409 e. The first kappa shape index (κ1) is 20.0. The largest absolute Gasteiger partial charge is 0.450 e. The highest BCUT2D eigenvalue weighted by atomic mass is 32.2. The molecule has 2 fully saturated rings. The summed E-state index contributed by atoms with van der Waals surface area (Å²) in [6.07, 6.45) is 4.71. The zero-order chi connectivity index (χ0) is 18.3. The molecule has 0 radical (unpaired) electrons. The first-order valence-corrected chi connectivity index (χ1v) is 10.7. The summed E-state index contributed by atoms with van der Waals surface area (Å²) in [7, 11) is -3.43. The van der Waals surface area contributed by atoms with Crippen LogP contribution < -0.4 is 5.32 Å². The summed E-state index contributed by atoms with van der Waals surface area (Å²) in [5.74, 6) is -0.100. The third kappa shape index (κ3) is 5.85. The maximum Gasteiger partial charge on any atom is 0.409 e. The van der Waals surface area contributed by atoms with Crippen LogP contribution in [0.5, 0.6) is 0 Å². The van der Waals surface area contributed by atoms with Gasteiger partial charge in [0.15, 0.2) is 0 Å². The molecule has 0 spiro atoms. The normalized spacial score (nSPS) is 20.3. The molecule has 1 aliphatic heterocycles. The average molecular weight is 375 g/mol. The summed E-state index contributed by atoms with van der Waals surface area (Å²) in [6, 6.07) is 0. The van der Waals surface area contributed by atoms with Crippen LogP contribution in [-0.2, 0) is 19.6 Å². The summed E-state index contributed by atoms with van der Waals surface area (Å²) in [4.78, 5) is 25.2. The predicted octanol–water partition coefficient (Wildman–Crippen LogP) is 0.787. The molecule has 0 atom stereocenters. The molecule has 9 heteroatoms. The maximum absolute atomic E-state index is 12.4. The Balaban J connectivity index is 1.72. The van der Waals surface area contributed by atoms with E-state index in [9.17, 15) is 18.0 Å². The van der Waals surface area contributed by atoms with E-state index in [1.807, 2.05) is 0 Å². The van der Waals surface area contributed by atoms with Gasteiger partial charge < -0.3 is 15.0 Å². The van der Waals surface area contributed by atoms with E-state index in [4.69, 9.17) is 4.74 Å². The van der Waals surface area contributed by atoms with E-state index in [-0.39, 0.29) is 37.2 Å². The van der Waals surface area contributed by atoms with Gasteiger partial charge in [0.1, 0.15) is 0 Å². The van der Waals surface area contributed by atoms with Gasteiger partial charge >= 0.3 is 6.09 Å². The zero-order valence-corrected chi connectivity index (χ0v) is 15.7. The SMILES string of the molecule is CCOC(=O)N1CCN(S(=O)(=O)CCNC(=O)C2CCCCC2)CC1. The van der Waals surface area contributed by atoms with Crippen molar-refractivity contribution in [3.63, 3.8) is 0 Å². The number of rotatable bonds is 6. The van der Waals surface area contributed by atoms with Gasteiger partial charge in [-0.3, -0.25) is 4.79 Å². The molecule has 1 aliphatic carbocycles.